The van der Waals surface area contributed by atoms with Gasteiger partial charge in [-0.2, -0.15) is 10.2 Å². The molecule has 1 aliphatic heterocycles. The molecule has 3 heterocycles. The summed E-state index contributed by atoms with van der Waals surface area (Å²) in [6.07, 6.45) is 6.35. The third kappa shape index (κ3) is 3.61. The maximum absolute atomic E-state index is 13.2. The second-order valence-corrected chi connectivity index (χ2v) is 8.34. The number of hydrogen-bond acceptors (Lipinski definition) is 4. The van der Waals surface area contributed by atoms with Crippen LogP contribution in [0.4, 0.5) is 0 Å². The molecule has 0 saturated carbocycles. The highest BCUT2D eigenvalue weighted by molar-refractivity contribution is 5.99. The minimum absolute atomic E-state index is 0.0513. The summed E-state index contributed by atoms with van der Waals surface area (Å²) in [4.78, 5) is 15.1. The van der Waals surface area contributed by atoms with Gasteiger partial charge in [-0.3, -0.25) is 14.2 Å². The van der Waals surface area contributed by atoms with E-state index in [-0.39, 0.29) is 11.9 Å². The largest absolute Gasteiger partial charge is 0.330 e. The fourth-order valence-corrected chi connectivity index (χ4v) is 4.50. The van der Waals surface area contributed by atoms with Gasteiger partial charge < -0.3 is 10.6 Å². The highest BCUT2D eigenvalue weighted by Crippen LogP contribution is 2.30. The van der Waals surface area contributed by atoms with Crippen LogP contribution in [0, 0.1) is 0 Å². The SMILES string of the molecule is Cn1cc(-c2cccc(C[C@@H](CN)N3Cc4cc(-c5ccnn5C)ccc4C3=O)c2)cn1. The number of aromatic nitrogens is 4. The van der Waals surface area contributed by atoms with Crippen molar-refractivity contribution in [3.63, 3.8) is 0 Å². The zero-order valence-electron chi connectivity index (χ0n) is 18.3. The van der Waals surface area contributed by atoms with Crippen molar-refractivity contribution in [3.05, 3.63) is 83.8 Å². The third-order valence-electron chi connectivity index (χ3n) is 6.20. The van der Waals surface area contributed by atoms with Crippen molar-refractivity contribution in [2.24, 2.45) is 19.8 Å². The summed E-state index contributed by atoms with van der Waals surface area (Å²) < 4.78 is 3.64. The molecule has 2 aromatic carbocycles. The Bertz CT molecular complexity index is 1290. The summed E-state index contributed by atoms with van der Waals surface area (Å²) in [6.45, 7) is 0.982. The van der Waals surface area contributed by atoms with E-state index in [1.807, 2.05) is 60.3 Å². The predicted octanol–water partition coefficient (Wildman–Crippen LogP) is 3.01. The smallest absolute Gasteiger partial charge is 0.254 e. The molecule has 0 unspecified atom stereocenters. The van der Waals surface area contributed by atoms with E-state index in [1.165, 1.54) is 0 Å². The first-order chi connectivity index (χ1) is 15.5. The summed E-state index contributed by atoms with van der Waals surface area (Å²) in [6, 6.07) is 16.3. The minimum Gasteiger partial charge on any atom is -0.330 e. The van der Waals surface area contributed by atoms with Gasteiger partial charge in [0.1, 0.15) is 0 Å². The monoisotopic (exact) mass is 426 g/mol. The summed E-state index contributed by atoms with van der Waals surface area (Å²) >= 11 is 0. The van der Waals surface area contributed by atoms with Gasteiger partial charge in [-0.25, -0.2) is 0 Å². The highest BCUT2D eigenvalue weighted by Gasteiger charge is 2.32. The molecule has 1 atom stereocenters. The van der Waals surface area contributed by atoms with E-state index in [1.54, 1.807) is 10.9 Å². The van der Waals surface area contributed by atoms with Crippen LogP contribution in [-0.2, 0) is 27.1 Å². The van der Waals surface area contributed by atoms with Crippen molar-refractivity contribution >= 4 is 5.91 Å². The average Bonchev–Trinajstić information content (AvgIpc) is 3.51. The van der Waals surface area contributed by atoms with Crippen molar-refractivity contribution < 1.29 is 4.79 Å². The van der Waals surface area contributed by atoms with Crippen LogP contribution < -0.4 is 5.73 Å². The van der Waals surface area contributed by atoms with Gasteiger partial charge in [0.2, 0.25) is 0 Å². The molecule has 0 saturated heterocycles. The van der Waals surface area contributed by atoms with Crippen LogP contribution in [0.3, 0.4) is 0 Å². The molecule has 2 aromatic heterocycles. The average molecular weight is 427 g/mol. The molecule has 0 fully saturated rings. The second kappa shape index (κ2) is 8.09. The van der Waals surface area contributed by atoms with Crippen molar-refractivity contribution in [1.29, 1.82) is 0 Å². The van der Waals surface area contributed by atoms with Gasteiger partial charge in [0, 0.05) is 62.3 Å². The molecule has 5 rings (SSSR count). The Morgan fingerprint density at radius 1 is 1.03 bits per heavy atom. The number of nitrogens with zero attached hydrogens (tertiary/aromatic N) is 5. The number of fused-ring (bicyclic) bond motifs is 1. The lowest BCUT2D eigenvalue weighted by Crippen LogP contribution is -2.42. The number of amides is 1. The molecule has 4 aromatic rings. The van der Waals surface area contributed by atoms with E-state index >= 15 is 0 Å². The summed E-state index contributed by atoms with van der Waals surface area (Å²) in [7, 11) is 3.83. The first-order valence-corrected chi connectivity index (χ1v) is 10.7. The number of carbonyl (C=O) groups excluding carboxylic acids is 1. The predicted molar refractivity (Wildman–Crippen MR) is 124 cm³/mol. The lowest BCUT2D eigenvalue weighted by Gasteiger charge is -2.27. The van der Waals surface area contributed by atoms with Gasteiger partial charge in [-0.15, -0.1) is 0 Å². The normalized spacial score (nSPS) is 14.1. The fraction of sp³-hybridized carbons (Fsp3) is 0.240. The fourth-order valence-electron chi connectivity index (χ4n) is 4.50. The molecule has 0 spiro atoms. The molecule has 7 nitrogen and oxygen atoms in total. The van der Waals surface area contributed by atoms with Gasteiger partial charge in [-0.1, -0.05) is 30.3 Å². The molecule has 1 aliphatic rings. The molecular weight excluding hydrogens is 400 g/mol. The van der Waals surface area contributed by atoms with Crippen molar-refractivity contribution in [2.75, 3.05) is 6.54 Å². The van der Waals surface area contributed by atoms with Crippen LogP contribution in [0.5, 0.6) is 0 Å². The highest BCUT2D eigenvalue weighted by atomic mass is 16.2. The summed E-state index contributed by atoms with van der Waals surface area (Å²) in [5.74, 6) is 0.0513. The van der Waals surface area contributed by atoms with E-state index in [0.29, 0.717) is 19.5 Å². The molecular formula is C25H26N6O. The van der Waals surface area contributed by atoms with E-state index in [9.17, 15) is 4.79 Å². The molecule has 2 N–H and O–H groups in total. The molecule has 162 valence electrons. The Hall–Kier alpha value is -3.71. The zero-order valence-corrected chi connectivity index (χ0v) is 18.3. The molecule has 7 heteroatoms. The van der Waals surface area contributed by atoms with Crippen molar-refractivity contribution in [3.8, 4) is 22.4 Å². The number of aryl methyl sites for hydroxylation is 2. The van der Waals surface area contributed by atoms with Gasteiger partial charge in [0.25, 0.3) is 5.91 Å². The quantitative estimate of drug-likeness (QED) is 0.514. The van der Waals surface area contributed by atoms with E-state index in [4.69, 9.17) is 5.73 Å². The Morgan fingerprint density at radius 3 is 2.62 bits per heavy atom. The zero-order chi connectivity index (χ0) is 22.2. The number of rotatable bonds is 6. The van der Waals surface area contributed by atoms with Crippen LogP contribution in [0.2, 0.25) is 0 Å². The first kappa shape index (κ1) is 20.2. The van der Waals surface area contributed by atoms with Crippen LogP contribution in [0.1, 0.15) is 21.5 Å². The topological polar surface area (TPSA) is 82.0 Å². The van der Waals surface area contributed by atoms with Crippen LogP contribution in [0.15, 0.2) is 67.1 Å². The number of hydrogen-bond donors (Lipinski definition) is 1. The Morgan fingerprint density at radius 2 is 1.91 bits per heavy atom. The molecule has 0 bridgehead atoms. The molecule has 0 aliphatic carbocycles. The second-order valence-electron chi connectivity index (χ2n) is 8.34. The Labute approximate surface area is 187 Å². The lowest BCUT2D eigenvalue weighted by atomic mass is 10.0. The third-order valence-corrected chi connectivity index (χ3v) is 6.20. The maximum atomic E-state index is 13.2. The van der Waals surface area contributed by atoms with Crippen LogP contribution in [-0.4, -0.2) is 43.0 Å². The summed E-state index contributed by atoms with van der Waals surface area (Å²) in [5, 5.41) is 8.52. The first-order valence-electron chi connectivity index (χ1n) is 10.7. The number of nitrogens with two attached hydrogens (primary N) is 1. The van der Waals surface area contributed by atoms with Gasteiger partial charge >= 0.3 is 0 Å². The minimum atomic E-state index is -0.0702. The van der Waals surface area contributed by atoms with Crippen molar-refractivity contribution in [1.82, 2.24) is 24.5 Å². The Balaban J connectivity index is 1.38. The number of benzene rings is 2. The van der Waals surface area contributed by atoms with Crippen molar-refractivity contribution in [2.45, 2.75) is 19.0 Å². The molecule has 1 amide bonds. The van der Waals surface area contributed by atoms with E-state index in [0.717, 1.165) is 39.1 Å². The van der Waals surface area contributed by atoms with Gasteiger partial charge in [0.15, 0.2) is 0 Å². The number of carbonyl (C=O) groups is 1. The maximum Gasteiger partial charge on any atom is 0.254 e. The van der Waals surface area contributed by atoms with E-state index in [2.05, 4.69) is 34.5 Å². The van der Waals surface area contributed by atoms with Gasteiger partial charge in [-0.05, 0) is 41.3 Å². The van der Waals surface area contributed by atoms with Gasteiger partial charge in [0.05, 0.1) is 11.9 Å². The molecule has 32 heavy (non-hydrogen) atoms. The Kier molecular flexibility index (Phi) is 5.11. The summed E-state index contributed by atoms with van der Waals surface area (Å²) in [5.41, 5.74) is 13.4. The molecule has 0 radical (unpaired) electrons. The van der Waals surface area contributed by atoms with E-state index < -0.39 is 0 Å². The van der Waals surface area contributed by atoms with Crippen LogP contribution in [0.25, 0.3) is 22.4 Å². The van der Waals surface area contributed by atoms with Crippen LogP contribution >= 0.6 is 0 Å². The standard InChI is InChI=1S/C25H26N6O/c1-29-15-21(14-28-29)18-5-3-4-17(10-18)11-22(13-26)31-16-20-12-19(6-7-23(20)25(31)32)24-8-9-27-30(24)2/h3-10,12,14-15,22H,11,13,16,26H2,1-2H3/t22-/m0/s1. The lowest BCUT2D eigenvalue weighted by molar-refractivity contribution is 0.0708.